The molecule has 0 spiro atoms. The van der Waals surface area contributed by atoms with Crippen molar-refractivity contribution in [2.75, 3.05) is 5.32 Å². The van der Waals surface area contributed by atoms with Gasteiger partial charge in [-0.2, -0.15) is 0 Å². The van der Waals surface area contributed by atoms with E-state index < -0.39 is 0 Å². The number of halogens is 1. The molecule has 19 heavy (non-hydrogen) atoms. The Hall–Kier alpha value is -2.56. The SMILES string of the molecule is O=C(Cc1ccc(O)c(O)c1)Nc1ccc(F)cc1. The van der Waals surface area contributed by atoms with Gasteiger partial charge in [0.05, 0.1) is 6.42 Å². The van der Waals surface area contributed by atoms with E-state index in [1.54, 1.807) is 6.07 Å². The van der Waals surface area contributed by atoms with E-state index in [0.717, 1.165) is 0 Å². The number of nitrogens with one attached hydrogen (secondary N) is 1. The van der Waals surface area contributed by atoms with Crippen molar-refractivity contribution in [3.8, 4) is 11.5 Å². The Labute approximate surface area is 109 Å². The number of phenols is 2. The van der Waals surface area contributed by atoms with Gasteiger partial charge in [0.1, 0.15) is 5.82 Å². The maximum Gasteiger partial charge on any atom is 0.228 e. The van der Waals surface area contributed by atoms with Crippen LogP contribution in [0.2, 0.25) is 0 Å². The highest BCUT2D eigenvalue weighted by atomic mass is 19.1. The molecular weight excluding hydrogens is 249 g/mol. The maximum atomic E-state index is 12.7. The summed E-state index contributed by atoms with van der Waals surface area (Å²) < 4.78 is 12.7. The van der Waals surface area contributed by atoms with Crippen LogP contribution in [0.15, 0.2) is 42.5 Å². The average molecular weight is 261 g/mol. The third-order valence-corrected chi connectivity index (χ3v) is 2.53. The first-order valence-electron chi connectivity index (χ1n) is 5.61. The quantitative estimate of drug-likeness (QED) is 0.743. The zero-order chi connectivity index (χ0) is 13.8. The molecule has 0 aromatic heterocycles. The van der Waals surface area contributed by atoms with E-state index in [1.165, 1.54) is 36.4 Å². The van der Waals surface area contributed by atoms with Gasteiger partial charge in [0.2, 0.25) is 5.91 Å². The van der Waals surface area contributed by atoms with Gasteiger partial charge in [0.15, 0.2) is 11.5 Å². The van der Waals surface area contributed by atoms with E-state index in [4.69, 9.17) is 5.11 Å². The van der Waals surface area contributed by atoms with E-state index in [0.29, 0.717) is 11.3 Å². The molecule has 0 atom stereocenters. The van der Waals surface area contributed by atoms with Crippen LogP contribution in [0.4, 0.5) is 10.1 Å². The van der Waals surface area contributed by atoms with E-state index in [-0.39, 0.29) is 29.6 Å². The third kappa shape index (κ3) is 3.45. The molecule has 0 aliphatic heterocycles. The molecule has 0 unspecified atom stereocenters. The zero-order valence-corrected chi connectivity index (χ0v) is 9.93. The second-order valence-corrected chi connectivity index (χ2v) is 4.05. The topological polar surface area (TPSA) is 69.6 Å². The Bertz CT molecular complexity index is 596. The fraction of sp³-hybridized carbons (Fsp3) is 0.0714. The van der Waals surface area contributed by atoms with Crippen LogP contribution in [0.3, 0.4) is 0 Å². The van der Waals surface area contributed by atoms with Crippen molar-refractivity contribution in [3.63, 3.8) is 0 Å². The number of phenolic OH excluding ortho intramolecular Hbond substituents is 2. The molecule has 0 fully saturated rings. The molecule has 0 saturated heterocycles. The molecule has 5 heteroatoms. The molecule has 98 valence electrons. The fourth-order valence-electron chi connectivity index (χ4n) is 1.60. The molecule has 3 N–H and O–H groups in total. The van der Waals surface area contributed by atoms with Crippen molar-refractivity contribution in [2.24, 2.45) is 0 Å². The lowest BCUT2D eigenvalue weighted by Gasteiger charge is -2.06. The van der Waals surface area contributed by atoms with Crippen LogP contribution >= 0.6 is 0 Å². The lowest BCUT2D eigenvalue weighted by atomic mass is 10.1. The van der Waals surface area contributed by atoms with Crippen LogP contribution in [-0.2, 0) is 11.2 Å². The average Bonchev–Trinajstić information content (AvgIpc) is 2.37. The van der Waals surface area contributed by atoms with Crippen molar-refractivity contribution >= 4 is 11.6 Å². The van der Waals surface area contributed by atoms with E-state index in [2.05, 4.69) is 5.32 Å². The molecule has 0 radical (unpaired) electrons. The van der Waals surface area contributed by atoms with Crippen LogP contribution in [0.25, 0.3) is 0 Å². The predicted octanol–water partition coefficient (Wildman–Crippen LogP) is 2.42. The number of carbonyl (C=O) groups excluding carboxylic acids is 1. The summed E-state index contributed by atoms with van der Waals surface area (Å²) in [6.45, 7) is 0. The highest BCUT2D eigenvalue weighted by Crippen LogP contribution is 2.25. The Morgan fingerprint density at radius 2 is 1.74 bits per heavy atom. The number of carbonyl (C=O) groups is 1. The number of rotatable bonds is 3. The van der Waals surface area contributed by atoms with Gasteiger partial charge in [-0.05, 0) is 42.0 Å². The molecular formula is C14H12FNO3. The summed E-state index contributed by atoms with van der Waals surface area (Å²) in [5, 5.41) is 21.1. The summed E-state index contributed by atoms with van der Waals surface area (Å²) >= 11 is 0. The van der Waals surface area contributed by atoms with Crippen molar-refractivity contribution in [3.05, 3.63) is 53.8 Å². The normalized spacial score (nSPS) is 10.2. The Morgan fingerprint density at radius 1 is 1.05 bits per heavy atom. The number of aromatic hydroxyl groups is 2. The van der Waals surface area contributed by atoms with Gasteiger partial charge in [-0.25, -0.2) is 4.39 Å². The number of hydrogen-bond donors (Lipinski definition) is 3. The van der Waals surface area contributed by atoms with Gasteiger partial charge in [-0.3, -0.25) is 4.79 Å². The molecule has 0 saturated carbocycles. The predicted molar refractivity (Wildman–Crippen MR) is 68.5 cm³/mol. The Kier molecular flexibility index (Phi) is 3.66. The number of hydrogen-bond acceptors (Lipinski definition) is 3. The van der Waals surface area contributed by atoms with Crippen molar-refractivity contribution in [1.29, 1.82) is 0 Å². The van der Waals surface area contributed by atoms with Crippen LogP contribution < -0.4 is 5.32 Å². The highest BCUT2D eigenvalue weighted by molar-refractivity contribution is 5.92. The molecule has 2 aromatic carbocycles. The van der Waals surface area contributed by atoms with Crippen molar-refractivity contribution in [1.82, 2.24) is 0 Å². The Morgan fingerprint density at radius 3 is 2.37 bits per heavy atom. The highest BCUT2D eigenvalue weighted by Gasteiger charge is 2.07. The second-order valence-electron chi connectivity index (χ2n) is 4.05. The first kappa shape index (κ1) is 12.9. The molecule has 2 rings (SSSR count). The first-order chi connectivity index (χ1) is 9.04. The van der Waals surface area contributed by atoms with Crippen LogP contribution in [0.1, 0.15) is 5.56 Å². The maximum absolute atomic E-state index is 12.7. The largest absolute Gasteiger partial charge is 0.504 e. The first-order valence-corrected chi connectivity index (χ1v) is 5.61. The standard InChI is InChI=1S/C14H12FNO3/c15-10-2-4-11(5-3-10)16-14(19)8-9-1-6-12(17)13(18)7-9/h1-7,17-18H,8H2,(H,16,19). The summed E-state index contributed by atoms with van der Waals surface area (Å²) in [4.78, 5) is 11.7. The summed E-state index contributed by atoms with van der Waals surface area (Å²) in [6.07, 6.45) is 0.0468. The van der Waals surface area contributed by atoms with Crippen molar-refractivity contribution < 1.29 is 19.4 Å². The summed E-state index contributed by atoms with van der Waals surface area (Å²) in [7, 11) is 0. The van der Waals surface area contributed by atoms with Crippen molar-refractivity contribution in [2.45, 2.75) is 6.42 Å². The molecule has 0 bridgehead atoms. The van der Waals surface area contributed by atoms with Gasteiger partial charge in [-0.1, -0.05) is 6.07 Å². The minimum atomic E-state index is -0.374. The van der Waals surface area contributed by atoms with Crippen LogP contribution in [-0.4, -0.2) is 16.1 Å². The zero-order valence-electron chi connectivity index (χ0n) is 9.93. The number of benzene rings is 2. The molecule has 0 heterocycles. The molecule has 0 aliphatic carbocycles. The molecule has 4 nitrogen and oxygen atoms in total. The molecule has 0 aliphatic rings. The fourth-order valence-corrected chi connectivity index (χ4v) is 1.60. The van der Waals surface area contributed by atoms with Gasteiger partial charge < -0.3 is 15.5 Å². The minimum absolute atomic E-state index is 0.0468. The number of amides is 1. The van der Waals surface area contributed by atoms with E-state index in [1.807, 2.05) is 0 Å². The summed E-state index contributed by atoms with van der Waals surface area (Å²) in [6, 6.07) is 9.60. The van der Waals surface area contributed by atoms with Crippen LogP contribution in [0, 0.1) is 5.82 Å². The summed E-state index contributed by atoms with van der Waals surface area (Å²) in [5.74, 6) is -1.17. The monoisotopic (exact) mass is 261 g/mol. The molecule has 1 amide bonds. The van der Waals surface area contributed by atoms with E-state index >= 15 is 0 Å². The Balaban J connectivity index is 2.01. The molecule has 2 aromatic rings. The van der Waals surface area contributed by atoms with Crippen LogP contribution in [0.5, 0.6) is 11.5 Å². The summed E-state index contributed by atoms with van der Waals surface area (Å²) in [5.41, 5.74) is 1.06. The minimum Gasteiger partial charge on any atom is -0.504 e. The lowest BCUT2D eigenvalue weighted by Crippen LogP contribution is -2.14. The second kappa shape index (κ2) is 5.39. The van der Waals surface area contributed by atoms with Gasteiger partial charge in [-0.15, -0.1) is 0 Å². The number of anilines is 1. The van der Waals surface area contributed by atoms with Gasteiger partial charge in [0.25, 0.3) is 0 Å². The van der Waals surface area contributed by atoms with Gasteiger partial charge >= 0.3 is 0 Å². The van der Waals surface area contributed by atoms with Gasteiger partial charge in [0, 0.05) is 5.69 Å². The van der Waals surface area contributed by atoms with E-state index in [9.17, 15) is 14.3 Å². The third-order valence-electron chi connectivity index (χ3n) is 2.53. The lowest BCUT2D eigenvalue weighted by molar-refractivity contribution is -0.115. The smallest absolute Gasteiger partial charge is 0.228 e.